The SMILES string of the molecule is CCNC(=O)O[C@H](C(C)C)[C@H]1C[C@@H](C)[C@H]2[C@H](O1)[C@H](O)[C@@]1(C)[C@@H]3CC[C@H]4C(C)(C)[C@@H](OC(=O)N5CCC5)CC[C@@]45C[C@@]35CC[C@]21C. The fourth-order valence-electron chi connectivity index (χ4n) is 13.4. The summed E-state index contributed by atoms with van der Waals surface area (Å²) in [6.45, 7) is 20.3. The second kappa shape index (κ2) is 10.5. The van der Waals surface area contributed by atoms with Gasteiger partial charge in [-0.15, -0.1) is 0 Å². The molecule has 5 aliphatic carbocycles. The summed E-state index contributed by atoms with van der Waals surface area (Å²) in [5, 5.41) is 15.3. The molecule has 2 spiro atoms. The van der Waals surface area contributed by atoms with Gasteiger partial charge in [0.15, 0.2) is 0 Å². The molecule has 0 aromatic rings. The molecule has 2 amide bonds. The van der Waals surface area contributed by atoms with Crippen molar-refractivity contribution in [1.82, 2.24) is 10.2 Å². The van der Waals surface area contributed by atoms with E-state index in [9.17, 15) is 14.7 Å². The van der Waals surface area contributed by atoms with Gasteiger partial charge in [-0.1, -0.05) is 48.5 Å². The lowest BCUT2D eigenvalue weighted by Crippen LogP contribution is -2.60. The van der Waals surface area contributed by atoms with E-state index in [4.69, 9.17) is 14.2 Å². The normalized spacial score (nSPS) is 49.7. The number of nitrogens with zero attached hydrogens (tertiary/aromatic N) is 1. The predicted octanol–water partition coefficient (Wildman–Crippen LogP) is 6.78. The van der Waals surface area contributed by atoms with Gasteiger partial charge in [0.25, 0.3) is 0 Å². The molecule has 7 fully saturated rings. The summed E-state index contributed by atoms with van der Waals surface area (Å²) in [7, 11) is 0. The molecule has 8 heteroatoms. The lowest BCUT2D eigenvalue weighted by molar-refractivity contribution is -0.185. The second-order valence-electron chi connectivity index (χ2n) is 17.9. The first kappa shape index (κ1) is 32.0. The summed E-state index contributed by atoms with van der Waals surface area (Å²) < 4.78 is 19.1. The van der Waals surface area contributed by atoms with Gasteiger partial charge in [0.1, 0.15) is 12.2 Å². The quantitative estimate of drug-likeness (QED) is 0.348. The number of aliphatic hydroxyl groups is 1. The number of nitrogens with one attached hydrogen (secondary N) is 1. The van der Waals surface area contributed by atoms with Crippen LogP contribution in [0.15, 0.2) is 0 Å². The van der Waals surface area contributed by atoms with E-state index < -0.39 is 6.10 Å². The van der Waals surface area contributed by atoms with Gasteiger partial charge in [-0.25, -0.2) is 9.59 Å². The van der Waals surface area contributed by atoms with Gasteiger partial charge in [0, 0.05) is 30.5 Å². The molecule has 0 unspecified atom stereocenters. The Kier molecular flexibility index (Phi) is 7.46. The molecule has 0 radical (unpaired) electrons. The second-order valence-corrected chi connectivity index (χ2v) is 17.9. The van der Waals surface area contributed by atoms with Crippen molar-refractivity contribution in [3.8, 4) is 0 Å². The molecule has 2 aliphatic heterocycles. The van der Waals surface area contributed by atoms with Gasteiger partial charge < -0.3 is 29.5 Å². The highest BCUT2D eigenvalue weighted by atomic mass is 16.6. The summed E-state index contributed by atoms with van der Waals surface area (Å²) in [5.74, 6) is 1.75. The van der Waals surface area contributed by atoms with Crippen molar-refractivity contribution in [3.05, 3.63) is 0 Å². The molecule has 0 aromatic heterocycles. The van der Waals surface area contributed by atoms with E-state index in [1.165, 1.54) is 12.8 Å². The Morgan fingerprint density at radius 1 is 1.02 bits per heavy atom. The van der Waals surface area contributed by atoms with Crippen molar-refractivity contribution < 1.29 is 28.9 Å². The van der Waals surface area contributed by atoms with Gasteiger partial charge in [0.05, 0.1) is 18.3 Å². The maximum Gasteiger partial charge on any atom is 0.410 e. The Bertz CT molecular complexity index is 1200. The van der Waals surface area contributed by atoms with E-state index in [-0.39, 0.29) is 75.5 Å². The fourth-order valence-corrected chi connectivity index (χ4v) is 13.4. The standard InChI is InChI=1S/C37H60N2O6/c1-9-38-31(41)45-28(21(2)3)23-19-22(4)27-29(43-23)30(40)35(8)25-12-11-24-33(5,6)26(44-32(42)39-17-10-18-39)13-14-36(24)20-37(25,36)16-15-34(27,35)7/h21-30,40H,9-20H2,1-8H3,(H,38,41)/t22-,23-,24+,25+,26+,27+,28-,29+,30+,34-,35-,36-,37+/m1/s1. The monoisotopic (exact) mass is 628 g/mol. The van der Waals surface area contributed by atoms with Crippen LogP contribution in [-0.2, 0) is 14.2 Å². The molecular weight excluding hydrogens is 568 g/mol. The number of fused-ring (bicyclic) bond motifs is 4. The molecule has 7 aliphatic rings. The highest BCUT2D eigenvalue weighted by molar-refractivity contribution is 5.68. The number of carbonyl (C=O) groups excluding carboxylic acids is 2. The first-order valence-corrected chi connectivity index (χ1v) is 18.4. The zero-order valence-electron chi connectivity index (χ0n) is 29.2. The van der Waals surface area contributed by atoms with E-state index in [2.05, 4.69) is 53.8 Å². The number of amides is 2. The molecule has 254 valence electrons. The van der Waals surface area contributed by atoms with Gasteiger partial charge in [-0.3, -0.25) is 0 Å². The average molecular weight is 629 g/mol. The van der Waals surface area contributed by atoms with Crippen LogP contribution in [0.2, 0.25) is 0 Å². The number of rotatable bonds is 5. The fraction of sp³-hybridized carbons (Fsp3) is 0.946. The van der Waals surface area contributed by atoms with Crippen molar-refractivity contribution in [2.24, 2.45) is 56.7 Å². The van der Waals surface area contributed by atoms with E-state index >= 15 is 0 Å². The van der Waals surface area contributed by atoms with Crippen LogP contribution in [0.4, 0.5) is 9.59 Å². The molecule has 2 saturated heterocycles. The summed E-state index contributed by atoms with van der Waals surface area (Å²) >= 11 is 0. The maximum absolute atomic E-state index is 12.9. The van der Waals surface area contributed by atoms with Gasteiger partial charge in [0.2, 0.25) is 0 Å². The van der Waals surface area contributed by atoms with E-state index in [1.54, 1.807) is 0 Å². The van der Waals surface area contributed by atoms with Gasteiger partial charge >= 0.3 is 12.2 Å². The Balaban J connectivity index is 1.14. The molecule has 5 saturated carbocycles. The lowest BCUT2D eigenvalue weighted by Gasteiger charge is -2.63. The van der Waals surface area contributed by atoms with Gasteiger partial charge in [-0.2, -0.15) is 0 Å². The number of aliphatic hydroxyl groups excluding tert-OH is 1. The third-order valence-electron chi connectivity index (χ3n) is 15.7. The number of alkyl carbamates (subject to hydrolysis) is 1. The number of hydrogen-bond acceptors (Lipinski definition) is 6. The molecule has 0 bridgehead atoms. The van der Waals surface area contributed by atoms with Crippen LogP contribution in [0.1, 0.15) is 113 Å². The summed E-state index contributed by atoms with van der Waals surface area (Å²) in [4.78, 5) is 27.2. The molecule has 13 atom stereocenters. The Hall–Kier alpha value is -1.54. The van der Waals surface area contributed by atoms with Crippen LogP contribution in [0.25, 0.3) is 0 Å². The smallest absolute Gasteiger partial charge is 0.410 e. The minimum absolute atomic E-state index is 0.0127. The van der Waals surface area contributed by atoms with Crippen molar-refractivity contribution in [3.63, 3.8) is 0 Å². The van der Waals surface area contributed by atoms with Crippen LogP contribution in [-0.4, -0.2) is 72.3 Å². The van der Waals surface area contributed by atoms with Crippen molar-refractivity contribution in [2.75, 3.05) is 19.6 Å². The lowest BCUT2D eigenvalue weighted by atomic mass is 9.41. The molecule has 2 N–H and O–H groups in total. The average Bonchev–Trinajstić information content (AvgIpc) is 3.57. The third kappa shape index (κ3) is 4.15. The Morgan fingerprint density at radius 3 is 2.36 bits per heavy atom. The number of hydrogen-bond donors (Lipinski definition) is 2. The Labute approximate surface area is 271 Å². The largest absolute Gasteiger partial charge is 0.446 e. The number of likely N-dealkylation sites (tertiary alicyclic amines) is 1. The van der Waals surface area contributed by atoms with E-state index in [0.717, 1.165) is 58.0 Å². The van der Waals surface area contributed by atoms with E-state index in [1.807, 2.05) is 11.8 Å². The molecule has 0 aromatic carbocycles. The van der Waals surface area contributed by atoms with E-state index in [0.29, 0.717) is 24.3 Å². The molecule has 45 heavy (non-hydrogen) atoms. The topological polar surface area (TPSA) is 97.3 Å². The highest BCUT2D eigenvalue weighted by Gasteiger charge is 2.84. The highest BCUT2D eigenvalue weighted by Crippen LogP contribution is 2.89. The van der Waals surface area contributed by atoms with Crippen LogP contribution >= 0.6 is 0 Å². The zero-order valence-corrected chi connectivity index (χ0v) is 29.2. The molecule has 2 heterocycles. The first-order valence-electron chi connectivity index (χ1n) is 18.4. The molecule has 7 rings (SSSR count). The summed E-state index contributed by atoms with van der Waals surface area (Å²) in [5.41, 5.74) is 0.234. The summed E-state index contributed by atoms with van der Waals surface area (Å²) in [6.07, 6.45) is 7.98. The maximum atomic E-state index is 12.9. The van der Waals surface area contributed by atoms with Crippen LogP contribution in [0.3, 0.4) is 0 Å². The van der Waals surface area contributed by atoms with Crippen molar-refractivity contribution >= 4 is 12.2 Å². The number of ether oxygens (including phenoxy) is 3. The molecule has 8 nitrogen and oxygen atoms in total. The Morgan fingerprint density at radius 2 is 1.71 bits per heavy atom. The minimum atomic E-state index is -0.548. The third-order valence-corrected chi connectivity index (χ3v) is 15.7. The predicted molar refractivity (Wildman–Crippen MR) is 171 cm³/mol. The first-order chi connectivity index (χ1) is 21.2. The molecular formula is C37H60N2O6. The number of carbonyl (C=O) groups is 2. The van der Waals surface area contributed by atoms with Crippen LogP contribution in [0.5, 0.6) is 0 Å². The van der Waals surface area contributed by atoms with Gasteiger partial charge in [-0.05, 0) is 111 Å². The van der Waals surface area contributed by atoms with Crippen LogP contribution in [0, 0.1) is 56.7 Å². The van der Waals surface area contributed by atoms with Crippen molar-refractivity contribution in [1.29, 1.82) is 0 Å². The summed E-state index contributed by atoms with van der Waals surface area (Å²) in [6, 6.07) is 0. The van der Waals surface area contributed by atoms with Crippen molar-refractivity contribution in [2.45, 2.75) is 144 Å². The minimum Gasteiger partial charge on any atom is -0.446 e. The zero-order chi connectivity index (χ0) is 32.3. The van der Waals surface area contributed by atoms with Crippen LogP contribution < -0.4 is 5.32 Å².